The van der Waals surface area contributed by atoms with E-state index in [1.165, 1.54) is 18.3 Å². The zero-order chi connectivity index (χ0) is 21.0. The van der Waals surface area contributed by atoms with Crippen molar-refractivity contribution < 1.29 is 17.9 Å². The van der Waals surface area contributed by atoms with Gasteiger partial charge in [-0.1, -0.05) is 36.4 Å². The average Bonchev–Trinajstić information content (AvgIpc) is 3.28. The van der Waals surface area contributed by atoms with Gasteiger partial charge in [0.2, 0.25) is 0 Å². The first kappa shape index (κ1) is 19.6. The maximum atomic E-state index is 13.6. The van der Waals surface area contributed by atoms with Crippen LogP contribution in [-0.2, 0) is 6.18 Å². The standard InChI is InChI=1S/C23H18F3N3O/c24-23(25,26)21-9-5-4-8-20(21)22(16-14-27-28-15-16)29-17-10-12-19(13-11-17)30-18-6-2-1-3-7-18/h1-15,22,29H,(H,27,28). The van der Waals surface area contributed by atoms with Crippen molar-refractivity contribution in [2.45, 2.75) is 12.2 Å². The highest BCUT2D eigenvalue weighted by Crippen LogP contribution is 2.38. The topological polar surface area (TPSA) is 49.9 Å². The molecule has 0 radical (unpaired) electrons. The molecule has 1 atom stereocenters. The fourth-order valence-corrected chi connectivity index (χ4v) is 3.18. The number of aromatic amines is 1. The lowest BCUT2D eigenvalue weighted by molar-refractivity contribution is -0.138. The quantitative estimate of drug-likeness (QED) is 0.386. The van der Waals surface area contributed by atoms with Gasteiger partial charge in [0.05, 0.1) is 17.8 Å². The van der Waals surface area contributed by atoms with Gasteiger partial charge in [-0.3, -0.25) is 5.10 Å². The van der Waals surface area contributed by atoms with Crippen LogP contribution >= 0.6 is 0 Å². The van der Waals surface area contributed by atoms with Crippen LogP contribution in [0.5, 0.6) is 11.5 Å². The molecule has 1 aromatic heterocycles. The van der Waals surface area contributed by atoms with E-state index in [4.69, 9.17) is 4.74 Å². The lowest BCUT2D eigenvalue weighted by Gasteiger charge is -2.23. The molecule has 30 heavy (non-hydrogen) atoms. The summed E-state index contributed by atoms with van der Waals surface area (Å²) in [5.74, 6) is 1.33. The number of halogens is 3. The van der Waals surface area contributed by atoms with Crippen LogP contribution in [-0.4, -0.2) is 10.2 Å². The van der Waals surface area contributed by atoms with Crippen LogP contribution in [0.3, 0.4) is 0 Å². The lowest BCUT2D eigenvalue weighted by atomic mass is 9.95. The molecule has 4 aromatic rings. The van der Waals surface area contributed by atoms with Crippen molar-refractivity contribution in [1.29, 1.82) is 0 Å². The molecular weight excluding hydrogens is 391 g/mol. The van der Waals surface area contributed by atoms with E-state index in [1.807, 2.05) is 30.3 Å². The number of H-pyrrole nitrogens is 1. The first-order valence-corrected chi connectivity index (χ1v) is 9.25. The molecular formula is C23H18F3N3O. The third-order valence-electron chi connectivity index (χ3n) is 4.57. The molecule has 0 aliphatic carbocycles. The fraction of sp³-hybridized carbons (Fsp3) is 0.0870. The van der Waals surface area contributed by atoms with Crippen LogP contribution in [0, 0.1) is 0 Å². The number of nitrogens with one attached hydrogen (secondary N) is 2. The van der Waals surface area contributed by atoms with E-state index in [0.29, 0.717) is 22.7 Å². The summed E-state index contributed by atoms with van der Waals surface area (Å²) in [4.78, 5) is 0. The number of benzene rings is 3. The lowest BCUT2D eigenvalue weighted by Crippen LogP contribution is -2.18. The third-order valence-corrected chi connectivity index (χ3v) is 4.57. The van der Waals surface area contributed by atoms with Crippen molar-refractivity contribution in [2.24, 2.45) is 0 Å². The Morgan fingerprint density at radius 1 is 0.833 bits per heavy atom. The van der Waals surface area contributed by atoms with E-state index >= 15 is 0 Å². The van der Waals surface area contributed by atoms with Gasteiger partial charge in [0.1, 0.15) is 11.5 Å². The minimum absolute atomic E-state index is 0.121. The Balaban J connectivity index is 1.61. The van der Waals surface area contributed by atoms with Crippen molar-refractivity contribution in [3.05, 3.63) is 108 Å². The maximum absolute atomic E-state index is 13.6. The number of nitrogens with zero attached hydrogens (tertiary/aromatic N) is 1. The highest BCUT2D eigenvalue weighted by atomic mass is 19.4. The van der Waals surface area contributed by atoms with Crippen LogP contribution in [0.25, 0.3) is 0 Å². The summed E-state index contributed by atoms with van der Waals surface area (Å²) in [6.45, 7) is 0. The van der Waals surface area contributed by atoms with Crippen molar-refractivity contribution in [2.75, 3.05) is 5.32 Å². The predicted octanol–water partition coefficient (Wildman–Crippen LogP) is 6.42. The maximum Gasteiger partial charge on any atom is 0.416 e. The molecule has 0 amide bonds. The second kappa shape index (κ2) is 8.32. The summed E-state index contributed by atoms with van der Waals surface area (Å²) >= 11 is 0. The van der Waals surface area contributed by atoms with Crippen molar-refractivity contribution >= 4 is 5.69 Å². The summed E-state index contributed by atoms with van der Waals surface area (Å²) in [7, 11) is 0. The third kappa shape index (κ3) is 4.46. The van der Waals surface area contributed by atoms with Gasteiger partial charge in [-0.15, -0.1) is 0 Å². The summed E-state index contributed by atoms with van der Waals surface area (Å²) in [5, 5.41) is 9.75. The molecule has 2 N–H and O–H groups in total. The predicted molar refractivity (Wildman–Crippen MR) is 108 cm³/mol. The molecule has 4 nitrogen and oxygen atoms in total. The number of rotatable bonds is 6. The molecule has 0 saturated carbocycles. The molecule has 0 saturated heterocycles. The number of alkyl halides is 3. The van der Waals surface area contributed by atoms with Crippen LogP contribution in [0.1, 0.15) is 22.7 Å². The molecule has 1 unspecified atom stereocenters. The van der Waals surface area contributed by atoms with Gasteiger partial charge in [0.25, 0.3) is 0 Å². The smallest absolute Gasteiger partial charge is 0.416 e. The minimum Gasteiger partial charge on any atom is -0.457 e. The number of anilines is 1. The summed E-state index contributed by atoms with van der Waals surface area (Å²) in [6.07, 6.45) is -1.37. The number of ether oxygens (including phenoxy) is 1. The first-order valence-electron chi connectivity index (χ1n) is 9.25. The van der Waals surface area contributed by atoms with Crippen LogP contribution in [0.15, 0.2) is 91.3 Å². The molecule has 0 fully saturated rings. The Labute approximate surface area is 171 Å². The van der Waals surface area contributed by atoms with Gasteiger partial charge in [-0.05, 0) is 48.0 Å². The molecule has 0 aliphatic rings. The molecule has 0 bridgehead atoms. The van der Waals surface area contributed by atoms with Gasteiger partial charge in [-0.2, -0.15) is 18.3 Å². The van der Waals surface area contributed by atoms with Crippen LogP contribution in [0.4, 0.5) is 18.9 Å². The van der Waals surface area contributed by atoms with Crippen molar-refractivity contribution in [1.82, 2.24) is 10.2 Å². The van der Waals surface area contributed by atoms with E-state index in [0.717, 1.165) is 6.07 Å². The first-order chi connectivity index (χ1) is 14.5. The zero-order valence-electron chi connectivity index (χ0n) is 15.7. The molecule has 1 heterocycles. The Morgan fingerprint density at radius 2 is 1.50 bits per heavy atom. The van der Waals surface area contributed by atoms with Gasteiger partial charge in [-0.25, -0.2) is 0 Å². The molecule has 0 aliphatic heterocycles. The van der Waals surface area contributed by atoms with Crippen LogP contribution < -0.4 is 10.1 Å². The Kier molecular flexibility index (Phi) is 5.43. The molecule has 152 valence electrons. The second-order valence-electron chi connectivity index (χ2n) is 6.63. The van der Waals surface area contributed by atoms with Gasteiger partial charge in [0, 0.05) is 17.4 Å². The van der Waals surface area contributed by atoms with Crippen molar-refractivity contribution in [3.8, 4) is 11.5 Å². The van der Waals surface area contributed by atoms with E-state index in [2.05, 4.69) is 15.5 Å². The number of aromatic nitrogens is 2. The van der Waals surface area contributed by atoms with Gasteiger partial charge >= 0.3 is 6.18 Å². The van der Waals surface area contributed by atoms with E-state index in [9.17, 15) is 13.2 Å². The van der Waals surface area contributed by atoms with E-state index < -0.39 is 17.8 Å². The Bertz CT molecular complexity index is 1080. The average molecular weight is 409 g/mol. The van der Waals surface area contributed by atoms with Gasteiger partial charge in [0.15, 0.2) is 0 Å². The van der Waals surface area contributed by atoms with Crippen molar-refractivity contribution in [3.63, 3.8) is 0 Å². The molecule has 3 aromatic carbocycles. The highest BCUT2D eigenvalue weighted by molar-refractivity contribution is 5.52. The zero-order valence-corrected chi connectivity index (χ0v) is 15.7. The van der Waals surface area contributed by atoms with Crippen LogP contribution in [0.2, 0.25) is 0 Å². The number of hydrogen-bond donors (Lipinski definition) is 2. The minimum atomic E-state index is -4.46. The molecule has 4 rings (SSSR count). The molecule has 0 spiro atoms. The highest BCUT2D eigenvalue weighted by Gasteiger charge is 2.35. The second-order valence-corrected chi connectivity index (χ2v) is 6.63. The summed E-state index contributed by atoms with van der Waals surface area (Å²) < 4.78 is 46.5. The van der Waals surface area contributed by atoms with Gasteiger partial charge < -0.3 is 10.1 Å². The monoisotopic (exact) mass is 409 g/mol. The summed E-state index contributed by atoms with van der Waals surface area (Å²) in [6, 6.07) is 21.2. The summed E-state index contributed by atoms with van der Waals surface area (Å²) in [5.41, 5.74) is 0.679. The Morgan fingerprint density at radius 3 is 2.17 bits per heavy atom. The fourth-order valence-electron chi connectivity index (χ4n) is 3.18. The largest absolute Gasteiger partial charge is 0.457 e. The van der Waals surface area contributed by atoms with E-state index in [-0.39, 0.29) is 5.56 Å². The number of hydrogen-bond acceptors (Lipinski definition) is 3. The SMILES string of the molecule is FC(F)(F)c1ccccc1C(Nc1ccc(Oc2ccccc2)cc1)c1cn[nH]c1. The molecule has 7 heteroatoms. The van der Waals surface area contributed by atoms with E-state index in [1.54, 1.807) is 36.5 Å². The normalized spacial score (nSPS) is 12.4. The number of para-hydroxylation sites is 1. The Hall–Kier alpha value is -3.74.